The number of nitrogens with zero attached hydrogens (tertiary/aromatic N) is 1. The SMILES string of the molecule is O=C(NC[C@H]1CCCN1c1ccccc1)NC12CC3CC(CC(C3)C1)C2. The van der Waals surface area contributed by atoms with Crippen LogP contribution in [0.5, 0.6) is 0 Å². The van der Waals surface area contributed by atoms with E-state index in [0.717, 1.165) is 37.3 Å². The lowest BCUT2D eigenvalue weighted by Crippen LogP contribution is -2.61. The second-order valence-electron chi connectivity index (χ2n) is 9.36. The maximum Gasteiger partial charge on any atom is 0.315 e. The molecule has 0 unspecified atom stereocenters. The number of nitrogens with one attached hydrogen (secondary N) is 2. The van der Waals surface area contributed by atoms with Crippen LogP contribution in [-0.2, 0) is 0 Å². The number of benzene rings is 1. The van der Waals surface area contributed by atoms with Gasteiger partial charge >= 0.3 is 6.03 Å². The highest BCUT2D eigenvalue weighted by Gasteiger charge is 2.51. The Morgan fingerprint density at radius 3 is 2.35 bits per heavy atom. The monoisotopic (exact) mass is 353 g/mol. The largest absolute Gasteiger partial charge is 0.367 e. The summed E-state index contributed by atoms with van der Waals surface area (Å²) >= 11 is 0. The van der Waals surface area contributed by atoms with Crippen LogP contribution in [-0.4, -0.2) is 30.7 Å². The molecule has 1 saturated heterocycles. The molecule has 4 bridgehead atoms. The van der Waals surface area contributed by atoms with Crippen LogP contribution in [0.25, 0.3) is 0 Å². The van der Waals surface area contributed by atoms with Gasteiger partial charge in [0.15, 0.2) is 0 Å². The average Bonchev–Trinajstić information content (AvgIpc) is 3.08. The van der Waals surface area contributed by atoms with E-state index >= 15 is 0 Å². The zero-order valence-electron chi connectivity index (χ0n) is 15.6. The van der Waals surface area contributed by atoms with Crippen molar-refractivity contribution in [2.45, 2.75) is 62.9 Å². The first-order valence-corrected chi connectivity index (χ1v) is 10.6. The lowest BCUT2D eigenvalue weighted by Gasteiger charge is -2.56. The first-order chi connectivity index (χ1) is 12.7. The fraction of sp³-hybridized carbons (Fsp3) is 0.682. The highest BCUT2D eigenvalue weighted by Crippen LogP contribution is 2.55. The Bertz CT molecular complexity index is 623. The highest BCUT2D eigenvalue weighted by atomic mass is 16.2. The topological polar surface area (TPSA) is 44.4 Å². The molecule has 1 aromatic rings. The van der Waals surface area contributed by atoms with E-state index in [1.54, 1.807) is 0 Å². The Morgan fingerprint density at radius 2 is 1.69 bits per heavy atom. The van der Waals surface area contributed by atoms with Gasteiger partial charge in [0.25, 0.3) is 0 Å². The molecule has 5 aliphatic rings. The van der Waals surface area contributed by atoms with Crippen molar-refractivity contribution >= 4 is 11.7 Å². The third-order valence-corrected chi connectivity index (χ3v) is 7.38. The molecule has 1 aliphatic heterocycles. The molecule has 6 rings (SSSR count). The van der Waals surface area contributed by atoms with E-state index in [1.165, 1.54) is 50.6 Å². The molecule has 4 heteroatoms. The Balaban J connectivity index is 1.18. The van der Waals surface area contributed by atoms with E-state index in [2.05, 4.69) is 45.9 Å². The van der Waals surface area contributed by atoms with Gasteiger partial charge in [-0.15, -0.1) is 0 Å². The normalized spacial score (nSPS) is 37.8. The Labute approximate surface area is 156 Å². The predicted molar refractivity (Wildman–Crippen MR) is 104 cm³/mol. The Kier molecular flexibility index (Phi) is 4.10. The Hall–Kier alpha value is -1.71. The summed E-state index contributed by atoms with van der Waals surface area (Å²) in [7, 11) is 0. The predicted octanol–water partition coefficient (Wildman–Crippen LogP) is 3.92. The number of hydrogen-bond acceptors (Lipinski definition) is 2. The van der Waals surface area contributed by atoms with Gasteiger partial charge in [0.1, 0.15) is 0 Å². The van der Waals surface area contributed by atoms with Crippen molar-refractivity contribution in [2.75, 3.05) is 18.0 Å². The zero-order chi connectivity index (χ0) is 17.6. The van der Waals surface area contributed by atoms with Crippen LogP contribution in [0.4, 0.5) is 10.5 Å². The molecule has 0 radical (unpaired) electrons. The smallest absolute Gasteiger partial charge is 0.315 e. The highest BCUT2D eigenvalue weighted by molar-refractivity contribution is 5.75. The van der Waals surface area contributed by atoms with E-state index in [4.69, 9.17) is 0 Å². The minimum Gasteiger partial charge on any atom is -0.367 e. The van der Waals surface area contributed by atoms with Gasteiger partial charge in [-0.25, -0.2) is 4.79 Å². The molecular weight excluding hydrogens is 322 g/mol. The maximum absolute atomic E-state index is 12.7. The van der Waals surface area contributed by atoms with Crippen molar-refractivity contribution in [1.82, 2.24) is 10.6 Å². The number of hydrogen-bond donors (Lipinski definition) is 2. The van der Waals surface area contributed by atoms with Gasteiger partial charge in [-0.05, 0) is 81.3 Å². The van der Waals surface area contributed by atoms with Crippen LogP contribution >= 0.6 is 0 Å². The molecule has 0 aromatic heterocycles. The minimum absolute atomic E-state index is 0.0619. The summed E-state index contributed by atoms with van der Waals surface area (Å²) in [5, 5.41) is 6.64. The van der Waals surface area contributed by atoms with Crippen molar-refractivity contribution in [3.63, 3.8) is 0 Å². The van der Waals surface area contributed by atoms with Gasteiger partial charge < -0.3 is 15.5 Å². The lowest BCUT2D eigenvalue weighted by atomic mass is 9.53. The number of para-hydroxylation sites is 1. The van der Waals surface area contributed by atoms with Crippen molar-refractivity contribution in [3.05, 3.63) is 30.3 Å². The van der Waals surface area contributed by atoms with Crippen LogP contribution in [0, 0.1) is 17.8 Å². The average molecular weight is 354 g/mol. The molecule has 2 N–H and O–H groups in total. The third kappa shape index (κ3) is 3.08. The number of rotatable bonds is 4. The van der Waals surface area contributed by atoms with Crippen molar-refractivity contribution in [1.29, 1.82) is 0 Å². The summed E-state index contributed by atoms with van der Waals surface area (Å²) in [6.45, 7) is 1.83. The lowest BCUT2D eigenvalue weighted by molar-refractivity contribution is -0.0135. The molecule has 4 nitrogen and oxygen atoms in total. The van der Waals surface area contributed by atoms with Crippen LogP contribution in [0.1, 0.15) is 51.4 Å². The van der Waals surface area contributed by atoms with E-state index in [1.807, 2.05) is 0 Å². The molecule has 2 amide bonds. The number of carbonyl (C=O) groups is 1. The van der Waals surface area contributed by atoms with Crippen molar-refractivity contribution in [2.24, 2.45) is 17.8 Å². The quantitative estimate of drug-likeness (QED) is 0.861. The van der Waals surface area contributed by atoms with Gasteiger partial charge in [0.2, 0.25) is 0 Å². The Morgan fingerprint density at radius 1 is 1.04 bits per heavy atom. The van der Waals surface area contributed by atoms with Crippen molar-refractivity contribution < 1.29 is 4.79 Å². The summed E-state index contributed by atoms with van der Waals surface area (Å²) in [5.41, 5.74) is 1.38. The maximum atomic E-state index is 12.7. The molecule has 1 heterocycles. The van der Waals surface area contributed by atoms with Crippen LogP contribution in [0.15, 0.2) is 30.3 Å². The number of amides is 2. The van der Waals surface area contributed by atoms with Gasteiger partial charge in [-0.2, -0.15) is 0 Å². The van der Waals surface area contributed by atoms with Gasteiger partial charge in [-0.3, -0.25) is 0 Å². The number of anilines is 1. The van der Waals surface area contributed by atoms with Crippen molar-refractivity contribution in [3.8, 4) is 0 Å². The molecule has 1 atom stereocenters. The summed E-state index contributed by atoms with van der Waals surface area (Å²) in [4.78, 5) is 15.1. The molecule has 5 fully saturated rings. The second-order valence-corrected chi connectivity index (χ2v) is 9.36. The van der Waals surface area contributed by atoms with E-state index in [0.29, 0.717) is 6.04 Å². The first kappa shape index (κ1) is 16.5. The number of urea groups is 1. The van der Waals surface area contributed by atoms with E-state index in [9.17, 15) is 4.79 Å². The molecule has 4 saturated carbocycles. The molecule has 1 aromatic carbocycles. The summed E-state index contributed by atoms with van der Waals surface area (Å²) in [6.07, 6.45) is 10.2. The van der Waals surface area contributed by atoms with Gasteiger partial charge in [0, 0.05) is 30.4 Å². The molecular formula is C22H31N3O. The molecule has 0 spiro atoms. The van der Waals surface area contributed by atoms with Crippen LogP contribution in [0.2, 0.25) is 0 Å². The standard InChI is InChI=1S/C22H31N3O/c26-21(24-22-12-16-9-17(13-22)11-18(10-16)14-22)23-15-20-7-4-8-25(20)19-5-2-1-3-6-19/h1-3,5-6,16-18,20H,4,7-15H2,(H2,23,24,26)/t16?,17?,18?,20-,22?/m1/s1. The summed E-state index contributed by atoms with van der Waals surface area (Å²) < 4.78 is 0. The molecule has 4 aliphatic carbocycles. The van der Waals surface area contributed by atoms with Gasteiger partial charge in [-0.1, -0.05) is 18.2 Å². The van der Waals surface area contributed by atoms with Gasteiger partial charge in [0.05, 0.1) is 0 Å². The summed E-state index contributed by atoms with van der Waals surface area (Å²) in [5.74, 6) is 2.60. The fourth-order valence-electron chi connectivity index (χ4n) is 6.77. The molecule has 26 heavy (non-hydrogen) atoms. The van der Waals surface area contributed by atoms with Crippen LogP contribution < -0.4 is 15.5 Å². The molecule has 140 valence electrons. The fourth-order valence-corrected chi connectivity index (χ4v) is 6.77. The van der Waals surface area contributed by atoms with Crippen LogP contribution in [0.3, 0.4) is 0 Å². The first-order valence-electron chi connectivity index (χ1n) is 10.6. The van der Waals surface area contributed by atoms with E-state index < -0.39 is 0 Å². The summed E-state index contributed by atoms with van der Waals surface area (Å²) in [6, 6.07) is 11.1. The number of carbonyl (C=O) groups excluding carboxylic acids is 1. The minimum atomic E-state index is 0.0619. The zero-order valence-corrected chi connectivity index (χ0v) is 15.6. The third-order valence-electron chi connectivity index (χ3n) is 7.38. The van der Waals surface area contributed by atoms with E-state index in [-0.39, 0.29) is 11.6 Å². The second kappa shape index (κ2) is 6.47.